The third kappa shape index (κ3) is 1.34. The Morgan fingerprint density at radius 1 is 1.00 bits per heavy atom. The monoisotopic (exact) mass is 248 g/mol. The zero-order valence-electron chi connectivity index (χ0n) is 10.5. The topological polar surface area (TPSA) is 42.2 Å². The molecule has 92 valence electrons. The summed E-state index contributed by atoms with van der Waals surface area (Å²) in [5, 5.41) is 4.25. The second-order valence-electron chi connectivity index (χ2n) is 4.47. The maximum absolute atomic E-state index is 4.73. The number of aromatic nitrogens is 3. The Labute approximate surface area is 109 Å². The number of imidazole rings is 1. The number of pyridine rings is 2. The quantitative estimate of drug-likeness (QED) is 0.563. The fourth-order valence-corrected chi connectivity index (χ4v) is 2.53. The summed E-state index contributed by atoms with van der Waals surface area (Å²) >= 11 is 0. The Bertz CT molecular complexity index is 908. The van der Waals surface area contributed by atoms with Crippen LogP contribution in [0.15, 0.2) is 48.7 Å². The van der Waals surface area contributed by atoms with Gasteiger partial charge in [0.15, 0.2) is 5.82 Å². The fraction of sp³-hybridized carbons (Fsp3) is 0.0667. The minimum atomic E-state index is 0.854. The van der Waals surface area contributed by atoms with Crippen molar-refractivity contribution in [2.75, 3.05) is 12.4 Å². The van der Waals surface area contributed by atoms with Crippen LogP contribution in [0.5, 0.6) is 0 Å². The first-order chi connectivity index (χ1) is 9.38. The molecule has 0 bridgehead atoms. The van der Waals surface area contributed by atoms with E-state index >= 15 is 0 Å². The van der Waals surface area contributed by atoms with Crippen LogP contribution in [0.2, 0.25) is 0 Å². The van der Waals surface area contributed by atoms with Gasteiger partial charge in [-0.25, -0.2) is 9.97 Å². The van der Waals surface area contributed by atoms with E-state index in [2.05, 4.69) is 20.8 Å². The molecule has 0 radical (unpaired) electrons. The van der Waals surface area contributed by atoms with Crippen molar-refractivity contribution in [3.05, 3.63) is 48.7 Å². The summed E-state index contributed by atoms with van der Waals surface area (Å²) < 4.78 is 2.07. The Morgan fingerprint density at radius 2 is 1.84 bits per heavy atom. The van der Waals surface area contributed by atoms with E-state index in [9.17, 15) is 0 Å². The summed E-state index contributed by atoms with van der Waals surface area (Å²) in [6.45, 7) is 0. The number of para-hydroxylation sites is 1. The van der Waals surface area contributed by atoms with Crippen LogP contribution in [-0.4, -0.2) is 21.4 Å². The molecule has 3 heterocycles. The predicted molar refractivity (Wildman–Crippen MR) is 77.5 cm³/mol. The van der Waals surface area contributed by atoms with Crippen LogP contribution in [0.4, 0.5) is 5.82 Å². The summed E-state index contributed by atoms with van der Waals surface area (Å²) in [6, 6.07) is 14.1. The zero-order valence-corrected chi connectivity index (χ0v) is 10.5. The van der Waals surface area contributed by atoms with Crippen molar-refractivity contribution in [2.24, 2.45) is 0 Å². The lowest BCUT2D eigenvalue weighted by molar-refractivity contribution is 1.21. The maximum atomic E-state index is 4.73. The number of anilines is 1. The standard InChI is InChI=1S/C15H12N4/c1-16-15-14-13(10-6-2-3-7-11(10)17-15)18-12-8-4-5-9-19(12)14/h2-9H,1H3,(H,16,17). The highest BCUT2D eigenvalue weighted by molar-refractivity contribution is 6.07. The van der Waals surface area contributed by atoms with Crippen molar-refractivity contribution in [3.63, 3.8) is 0 Å². The summed E-state index contributed by atoms with van der Waals surface area (Å²) in [5.41, 5.74) is 3.91. The van der Waals surface area contributed by atoms with Crippen molar-refractivity contribution in [3.8, 4) is 0 Å². The van der Waals surface area contributed by atoms with Gasteiger partial charge in [0.2, 0.25) is 0 Å². The van der Waals surface area contributed by atoms with Crippen LogP contribution in [0.3, 0.4) is 0 Å². The molecule has 0 saturated heterocycles. The van der Waals surface area contributed by atoms with Gasteiger partial charge in [-0.1, -0.05) is 24.3 Å². The van der Waals surface area contributed by atoms with E-state index in [1.165, 1.54) is 0 Å². The molecule has 4 aromatic rings. The molecule has 1 aromatic carbocycles. The van der Waals surface area contributed by atoms with E-state index in [1.807, 2.05) is 49.6 Å². The molecule has 0 aliphatic heterocycles. The maximum Gasteiger partial charge on any atom is 0.153 e. The first-order valence-corrected chi connectivity index (χ1v) is 6.22. The summed E-state index contributed by atoms with van der Waals surface area (Å²) in [7, 11) is 1.89. The van der Waals surface area contributed by atoms with Gasteiger partial charge in [0.25, 0.3) is 0 Å². The van der Waals surface area contributed by atoms with E-state index in [4.69, 9.17) is 4.98 Å². The number of benzene rings is 1. The molecule has 0 unspecified atom stereocenters. The SMILES string of the molecule is CNc1nc2ccccc2c2nc3ccccn3c12. The minimum absolute atomic E-state index is 0.854. The first kappa shape index (κ1) is 10.3. The molecule has 0 amide bonds. The van der Waals surface area contributed by atoms with Gasteiger partial charge in [-0.2, -0.15) is 0 Å². The molecule has 4 nitrogen and oxygen atoms in total. The Hall–Kier alpha value is -2.62. The smallest absolute Gasteiger partial charge is 0.153 e. The molecular weight excluding hydrogens is 236 g/mol. The van der Waals surface area contributed by atoms with Crippen LogP contribution in [0, 0.1) is 0 Å². The molecule has 0 atom stereocenters. The van der Waals surface area contributed by atoms with Gasteiger partial charge in [-0.3, -0.25) is 4.40 Å². The van der Waals surface area contributed by atoms with Gasteiger partial charge in [0.1, 0.15) is 16.7 Å². The summed E-state index contributed by atoms with van der Waals surface area (Å²) in [5.74, 6) is 0.854. The molecule has 0 fully saturated rings. The molecule has 0 aliphatic carbocycles. The first-order valence-electron chi connectivity index (χ1n) is 6.22. The largest absolute Gasteiger partial charge is 0.371 e. The van der Waals surface area contributed by atoms with Crippen molar-refractivity contribution >= 4 is 33.4 Å². The Balaban J connectivity index is 2.34. The zero-order chi connectivity index (χ0) is 12.8. The molecule has 3 aromatic heterocycles. The number of nitrogens with zero attached hydrogens (tertiary/aromatic N) is 3. The average molecular weight is 248 g/mol. The molecule has 4 heteroatoms. The molecule has 4 rings (SSSR count). The molecule has 0 saturated carbocycles. The molecule has 0 spiro atoms. The predicted octanol–water partition coefficient (Wildman–Crippen LogP) is 3.08. The highest BCUT2D eigenvalue weighted by Gasteiger charge is 2.13. The molecular formula is C15H12N4. The summed E-state index contributed by atoms with van der Waals surface area (Å²) in [6.07, 6.45) is 2.02. The van der Waals surface area contributed by atoms with Gasteiger partial charge in [0, 0.05) is 18.6 Å². The third-order valence-corrected chi connectivity index (χ3v) is 3.38. The number of nitrogens with one attached hydrogen (secondary N) is 1. The van der Waals surface area contributed by atoms with Gasteiger partial charge in [0.05, 0.1) is 5.52 Å². The third-order valence-electron chi connectivity index (χ3n) is 3.38. The highest BCUT2D eigenvalue weighted by Crippen LogP contribution is 2.29. The second kappa shape index (κ2) is 3.68. The van der Waals surface area contributed by atoms with E-state index in [-0.39, 0.29) is 0 Å². The van der Waals surface area contributed by atoms with Gasteiger partial charge in [-0.15, -0.1) is 0 Å². The minimum Gasteiger partial charge on any atom is -0.371 e. The van der Waals surface area contributed by atoms with Crippen molar-refractivity contribution < 1.29 is 0 Å². The van der Waals surface area contributed by atoms with Crippen LogP contribution >= 0.6 is 0 Å². The lowest BCUT2D eigenvalue weighted by Crippen LogP contribution is -1.96. The lowest BCUT2D eigenvalue weighted by atomic mass is 10.2. The average Bonchev–Trinajstić information content (AvgIpc) is 2.86. The van der Waals surface area contributed by atoms with Crippen LogP contribution in [0.1, 0.15) is 0 Å². The Kier molecular flexibility index (Phi) is 2.00. The number of fused-ring (bicyclic) bond motifs is 5. The van der Waals surface area contributed by atoms with E-state index < -0.39 is 0 Å². The number of rotatable bonds is 1. The van der Waals surface area contributed by atoms with Crippen molar-refractivity contribution in [1.82, 2.24) is 14.4 Å². The number of hydrogen-bond donors (Lipinski definition) is 1. The van der Waals surface area contributed by atoms with Gasteiger partial charge >= 0.3 is 0 Å². The molecule has 19 heavy (non-hydrogen) atoms. The normalized spacial score (nSPS) is 11.4. The van der Waals surface area contributed by atoms with E-state index in [1.54, 1.807) is 0 Å². The molecule has 0 aliphatic rings. The van der Waals surface area contributed by atoms with Crippen molar-refractivity contribution in [1.29, 1.82) is 0 Å². The Morgan fingerprint density at radius 3 is 2.74 bits per heavy atom. The van der Waals surface area contributed by atoms with Crippen LogP contribution < -0.4 is 5.32 Å². The van der Waals surface area contributed by atoms with E-state index in [0.717, 1.165) is 33.4 Å². The lowest BCUT2D eigenvalue weighted by Gasteiger charge is -2.05. The highest BCUT2D eigenvalue weighted by atomic mass is 15.1. The number of hydrogen-bond acceptors (Lipinski definition) is 3. The van der Waals surface area contributed by atoms with Crippen LogP contribution in [-0.2, 0) is 0 Å². The second-order valence-corrected chi connectivity index (χ2v) is 4.47. The van der Waals surface area contributed by atoms with Crippen molar-refractivity contribution in [2.45, 2.75) is 0 Å². The van der Waals surface area contributed by atoms with Crippen LogP contribution in [0.25, 0.3) is 27.6 Å². The van der Waals surface area contributed by atoms with E-state index in [0.29, 0.717) is 0 Å². The summed E-state index contributed by atoms with van der Waals surface area (Å²) in [4.78, 5) is 9.41. The molecule has 1 N–H and O–H groups in total. The van der Waals surface area contributed by atoms with Gasteiger partial charge in [-0.05, 0) is 18.2 Å². The van der Waals surface area contributed by atoms with Gasteiger partial charge < -0.3 is 5.32 Å². The fourth-order valence-electron chi connectivity index (χ4n) is 2.53.